The largest absolute Gasteiger partial charge is 0.478 e. The summed E-state index contributed by atoms with van der Waals surface area (Å²) in [7, 11) is -3.63. The standard InChI is InChI=1S/C13H16BrNO4S/c1-13(5-2-6-13)8-15-20(18,19)11-4-3-9(12(16)17)7-10(11)14/h3-4,7,15H,2,5-6,8H2,1H3,(H,16,17). The van der Waals surface area contributed by atoms with Crippen molar-refractivity contribution in [3.05, 3.63) is 28.2 Å². The third kappa shape index (κ3) is 3.21. The first-order valence-electron chi connectivity index (χ1n) is 6.26. The van der Waals surface area contributed by atoms with Gasteiger partial charge in [-0.1, -0.05) is 13.3 Å². The molecule has 0 bridgehead atoms. The van der Waals surface area contributed by atoms with E-state index in [2.05, 4.69) is 27.6 Å². The Bertz CT molecular complexity index is 638. The second-order valence-electron chi connectivity index (χ2n) is 5.44. The lowest BCUT2D eigenvalue weighted by atomic mass is 9.71. The topological polar surface area (TPSA) is 83.5 Å². The first-order valence-corrected chi connectivity index (χ1v) is 8.54. The number of hydrogen-bond acceptors (Lipinski definition) is 3. The van der Waals surface area contributed by atoms with Crippen LogP contribution in [-0.2, 0) is 10.0 Å². The number of hydrogen-bond donors (Lipinski definition) is 2. The summed E-state index contributed by atoms with van der Waals surface area (Å²) < 4.78 is 27.3. The molecule has 0 unspecified atom stereocenters. The molecule has 1 aliphatic rings. The number of sulfonamides is 1. The van der Waals surface area contributed by atoms with Crippen molar-refractivity contribution in [2.24, 2.45) is 5.41 Å². The zero-order valence-corrected chi connectivity index (χ0v) is 13.4. The molecule has 0 heterocycles. The SMILES string of the molecule is CC1(CNS(=O)(=O)c2ccc(C(=O)O)cc2Br)CCC1. The van der Waals surface area contributed by atoms with Crippen LogP contribution < -0.4 is 4.72 Å². The van der Waals surface area contributed by atoms with Gasteiger partial charge in [-0.15, -0.1) is 0 Å². The fraction of sp³-hybridized carbons (Fsp3) is 0.462. The summed E-state index contributed by atoms with van der Waals surface area (Å²) >= 11 is 3.12. The number of aromatic carboxylic acids is 1. The maximum atomic E-state index is 12.2. The van der Waals surface area contributed by atoms with Crippen LogP contribution in [0.1, 0.15) is 36.5 Å². The normalized spacial score (nSPS) is 17.5. The van der Waals surface area contributed by atoms with Crippen LogP contribution in [0.15, 0.2) is 27.6 Å². The fourth-order valence-electron chi connectivity index (χ4n) is 2.16. The van der Waals surface area contributed by atoms with Gasteiger partial charge in [0.25, 0.3) is 0 Å². The van der Waals surface area contributed by atoms with Crippen LogP contribution >= 0.6 is 15.9 Å². The van der Waals surface area contributed by atoms with E-state index < -0.39 is 16.0 Å². The van der Waals surface area contributed by atoms with Crippen LogP contribution in [0.5, 0.6) is 0 Å². The number of benzene rings is 1. The molecule has 0 atom stereocenters. The maximum Gasteiger partial charge on any atom is 0.335 e. The lowest BCUT2D eigenvalue weighted by Gasteiger charge is -2.38. The minimum Gasteiger partial charge on any atom is -0.478 e. The molecule has 1 fully saturated rings. The molecule has 7 heteroatoms. The van der Waals surface area contributed by atoms with Gasteiger partial charge < -0.3 is 5.11 Å². The minimum atomic E-state index is -3.63. The number of rotatable bonds is 5. The number of carboxylic acid groups (broad SMARTS) is 1. The average Bonchev–Trinajstić information content (AvgIpc) is 2.33. The Balaban J connectivity index is 2.18. The Morgan fingerprint density at radius 2 is 2.10 bits per heavy atom. The summed E-state index contributed by atoms with van der Waals surface area (Å²) in [5.74, 6) is -1.09. The van der Waals surface area contributed by atoms with E-state index in [-0.39, 0.29) is 20.3 Å². The average molecular weight is 362 g/mol. The lowest BCUT2D eigenvalue weighted by molar-refractivity contribution is 0.0696. The van der Waals surface area contributed by atoms with Crippen molar-refractivity contribution in [1.29, 1.82) is 0 Å². The second kappa shape index (κ2) is 5.46. The maximum absolute atomic E-state index is 12.2. The van der Waals surface area contributed by atoms with Gasteiger partial charge in [-0.3, -0.25) is 0 Å². The highest BCUT2D eigenvalue weighted by atomic mass is 79.9. The van der Waals surface area contributed by atoms with Crippen LogP contribution in [-0.4, -0.2) is 26.0 Å². The molecule has 1 aliphatic carbocycles. The molecular weight excluding hydrogens is 346 g/mol. The van der Waals surface area contributed by atoms with Crippen molar-refractivity contribution >= 4 is 31.9 Å². The summed E-state index contributed by atoms with van der Waals surface area (Å²) in [6.45, 7) is 2.46. The van der Waals surface area contributed by atoms with Gasteiger partial charge in [0.2, 0.25) is 10.0 Å². The van der Waals surface area contributed by atoms with Crippen molar-refractivity contribution in [2.45, 2.75) is 31.1 Å². The van der Waals surface area contributed by atoms with Gasteiger partial charge in [0, 0.05) is 11.0 Å². The van der Waals surface area contributed by atoms with Crippen LogP contribution in [0.3, 0.4) is 0 Å². The van der Waals surface area contributed by atoms with E-state index in [1.165, 1.54) is 18.2 Å². The summed E-state index contributed by atoms with van der Waals surface area (Å²) in [4.78, 5) is 10.9. The molecule has 0 spiro atoms. The molecule has 0 saturated heterocycles. The van der Waals surface area contributed by atoms with Gasteiger partial charge in [0.15, 0.2) is 0 Å². The van der Waals surface area contributed by atoms with Crippen LogP contribution in [0.25, 0.3) is 0 Å². The van der Waals surface area contributed by atoms with Gasteiger partial charge >= 0.3 is 5.97 Å². The molecule has 2 rings (SSSR count). The van der Waals surface area contributed by atoms with Gasteiger partial charge in [0.1, 0.15) is 0 Å². The van der Waals surface area contributed by atoms with Crippen LogP contribution in [0.2, 0.25) is 0 Å². The molecule has 20 heavy (non-hydrogen) atoms. The number of carbonyl (C=O) groups is 1. The van der Waals surface area contributed by atoms with E-state index in [1.54, 1.807) is 0 Å². The minimum absolute atomic E-state index is 0.0422. The van der Waals surface area contributed by atoms with Crippen LogP contribution in [0.4, 0.5) is 0 Å². The van der Waals surface area contributed by atoms with Crippen molar-refractivity contribution < 1.29 is 18.3 Å². The van der Waals surface area contributed by atoms with Crippen molar-refractivity contribution in [3.63, 3.8) is 0 Å². The Kier molecular flexibility index (Phi) is 4.22. The van der Waals surface area contributed by atoms with Crippen molar-refractivity contribution in [1.82, 2.24) is 4.72 Å². The molecule has 2 N–H and O–H groups in total. The molecule has 0 amide bonds. The Morgan fingerprint density at radius 3 is 2.55 bits per heavy atom. The molecule has 5 nitrogen and oxygen atoms in total. The van der Waals surface area contributed by atoms with E-state index in [9.17, 15) is 13.2 Å². The molecule has 0 aromatic heterocycles. The molecule has 0 radical (unpaired) electrons. The molecule has 1 aromatic carbocycles. The third-order valence-electron chi connectivity index (χ3n) is 3.72. The lowest BCUT2D eigenvalue weighted by Crippen LogP contribution is -2.40. The van der Waals surface area contributed by atoms with Gasteiger partial charge in [-0.2, -0.15) is 0 Å². The molecule has 1 saturated carbocycles. The second-order valence-corrected chi connectivity index (χ2v) is 8.03. The van der Waals surface area contributed by atoms with E-state index in [1.807, 2.05) is 0 Å². The first kappa shape index (κ1) is 15.5. The zero-order valence-electron chi connectivity index (χ0n) is 11.0. The molecular formula is C13H16BrNO4S. The zero-order chi connectivity index (χ0) is 15.0. The van der Waals surface area contributed by atoms with E-state index in [4.69, 9.17) is 5.11 Å². The predicted octanol–water partition coefficient (Wildman–Crippen LogP) is 2.62. The Morgan fingerprint density at radius 1 is 1.45 bits per heavy atom. The van der Waals surface area contributed by atoms with Gasteiger partial charge in [0.05, 0.1) is 10.5 Å². The van der Waals surface area contributed by atoms with Gasteiger partial charge in [-0.25, -0.2) is 17.9 Å². The van der Waals surface area contributed by atoms with Crippen molar-refractivity contribution in [3.8, 4) is 0 Å². The summed E-state index contributed by atoms with van der Waals surface area (Å²) in [6, 6.07) is 3.88. The van der Waals surface area contributed by atoms with E-state index >= 15 is 0 Å². The van der Waals surface area contributed by atoms with E-state index in [0.717, 1.165) is 19.3 Å². The molecule has 110 valence electrons. The molecule has 0 aliphatic heterocycles. The highest BCUT2D eigenvalue weighted by molar-refractivity contribution is 9.10. The van der Waals surface area contributed by atoms with E-state index in [0.29, 0.717) is 6.54 Å². The fourth-order valence-corrected chi connectivity index (χ4v) is 4.43. The monoisotopic (exact) mass is 361 g/mol. The van der Waals surface area contributed by atoms with Crippen molar-refractivity contribution in [2.75, 3.05) is 6.54 Å². The Labute approximate surface area is 126 Å². The molecule has 1 aromatic rings. The quantitative estimate of drug-likeness (QED) is 0.844. The van der Waals surface area contributed by atoms with Gasteiger partial charge in [-0.05, 0) is 52.4 Å². The summed E-state index contributed by atoms with van der Waals surface area (Å²) in [5, 5.41) is 8.87. The number of halogens is 1. The highest BCUT2D eigenvalue weighted by Crippen LogP contribution is 2.39. The summed E-state index contributed by atoms with van der Waals surface area (Å²) in [6.07, 6.45) is 3.18. The van der Waals surface area contributed by atoms with Crippen LogP contribution in [0, 0.1) is 5.41 Å². The summed E-state index contributed by atoms with van der Waals surface area (Å²) in [5.41, 5.74) is 0.0855. The highest BCUT2D eigenvalue weighted by Gasteiger charge is 2.33. The smallest absolute Gasteiger partial charge is 0.335 e. The predicted molar refractivity (Wildman–Crippen MR) is 78.2 cm³/mol. The Hall–Kier alpha value is -0.920. The first-order chi connectivity index (χ1) is 9.23. The number of carboxylic acids is 1. The number of nitrogens with one attached hydrogen (secondary N) is 1. The third-order valence-corrected chi connectivity index (χ3v) is 6.10.